The Labute approximate surface area is 154 Å². The summed E-state index contributed by atoms with van der Waals surface area (Å²) in [5.74, 6) is -0.990. The normalized spacial score (nSPS) is 9.93. The quantitative estimate of drug-likeness (QED) is 0.378. The maximum atomic E-state index is 12.2. The molecule has 0 spiro atoms. The summed E-state index contributed by atoms with van der Waals surface area (Å²) in [4.78, 5) is 35.0. The Bertz CT molecular complexity index is 879. The predicted molar refractivity (Wildman–Crippen MR) is 95.9 cm³/mol. The van der Waals surface area contributed by atoms with E-state index in [1.165, 1.54) is 18.2 Å². The molecule has 0 fully saturated rings. The van der Waals surface area contributed by atoms with Gasteiger partial charge in [-0.2, -0.15) is 0 Å². The van der Waals surface area contributed by atoms with Gasteiger partial charge in [0.25, 0.3) is 6.47 Å². The summed E-state index contributed by atoms with van der Waals surface area (Å²) in [5.41, 5.74) is 0.698. The van der Waals surface area contributed by atoms with Gasteiger partial charge in [-0.25, -0.2) is 9.59 Å². The molecule has 0 aliphatic rings. The second kappa shape index (κ2) is 8.44. The fourth-order valence-corrected chi connectivity index (χ4v) is 2.27. The van der Waals surface area contributed by atoms with Crippen LogP contribution < -0.4 is 14.2 Å². The van der Waals surface area contributed by atoms with Gasteiger partial charge >= 0.3 is 11.9 Å². The highest BCUT2D eigenvalue weighted by atomic mass is 16.6. The van der Waals surface area contributed by atoms with Gasteiger partial charge in [0.1, 0.15) is 17.2 Å². The van der Waals surface area contributed by atoms with Crippen LogP contribution in [0.3, 0.4) is 0 Å². The molecule has 6 heteroatoms. The van der Waals surface area contributed by atoms with Crippen LogP contribution in [0.25, 0.3) is 0 Å². The van der Waals surface area contributed by atoms with Crippen molar-refractivity contribution in [2.24, 2.45) is 0 Å². The van der Waals surface area contributed by atoms with E-state index in [-0.39, 0.29) is 23.7 Å². The molecule has 0 saturated carbocycles. The second-order valence-electron chi connectivity index (χ2n) is 5.37. The number of carbonyl (C=O) groups excluding carboxylic acids is 3. The molecule has 0 atom stereocenters. The molecule has 0 heterocycles. The van der Waals surface area contributed by atoms with Gasteiger partial charge in [0, 0.05) is 18.2 Å². The van der Waals surface area contributed by atoms with Crippen LogP contribution in [0.5, 0.6) is 17.2 Å². The van der Waals surface area contributed by atoms with Crippen molar-refractivity contribution in [3.8, 4) is 17.2 Å². The molecular weight excluding hydrogens is 348 g/mol. The lowest BCUT2D eigenvalue weighted by Crippen LogP contribution is -2.10. The van der Waals surface area contributed by atoms with Crippen LogP contribution in [0.1, 0.15) is 20.7 Å². The molecule has 3 aromatic carbocycles. The minimum absolute atomic E-state index is 0.0686. The van der Waals surface area contributed by atoms with E-state index in [2.05, 4.69) is 0 Å². The molecule has 0 N–H and O–H groups in total. The van der Waals surface area contributed by atoms with Crippen LogP contribution >= 0.6 is 0 Å². The summed E-state index contributed by atoms with van der Waals surface area (Å²) in [5, 5.41) is 0. The number of ether oxygens (including phenoxy) is 3. The summed E-state index contributed by atoms with van der Waals surface area (Å²) >= 11 is 0. The molecule has 0 aliphatic carbocycles. The van der Waals surface area contributed by atoms with Gasteiger partial charge in [-0.15, -0.1) is 0 Å². The minimum Gasteiger partial charge on any atom is -0.428 e. The van der Waals surface area contributed by atoms with Crippen LogP contribution in [-0.4, -0.2) is 18.4 Å². The highest BCUT2D eigenvalue weighted by Gasteiger charge is 2.14. The number of rotatable bonds is 6. The number of esters is 2. The van der Waals surface area contributed by atoms with E-state index in [0.717, 1.165) is 0 Å². The zero-order valence-corrected chi connectivity index (χ0v) is 14.0. The van der Waals surface area contributed by atoms with Crippen molar-refractivity contribution < 1.29 is 28.6 Å². The van der Waals surface area contributed by atoms with E-state index in [0.29, 0.717) is 11.1 Å². The number of hydrogen-bond donors (Lipinski definition) is 0. The molecule has 0 amide bonds. The Morgan fingerprint density at radius 3 is 1.44 bits per heavy atom. The fourth-order valence-electron chi connectivity index (χ4n) is 2.27. The third kappa shape index (κ3) is 4.79. The smallest absolute Gasteiger partial charge is 0.343 e. The Morgan fingerprint density at radius 1 is 0.630 bits per heavy atom. The van der Waals surface area contributed by atoms with Crippen LogP contribution in [0, 0.1) is 0 Å². The summed E-state index contributed by atoms with van der Waals surface area (Å²) in [6.45, 7) is 0.223. The molecule has 0 radical (unpaired) electrons. The first-order valence-electron chi connectivity index (χ1n) is 7.95. The van der Waals surface area contributed by atoms with Crippen molar-refractivity contribution in [2.75, 3.05) is 0 Å². The molecule has 0 bridgehead atoms. The van der Waals surface area contributed by atoms with Crippen molar-refractivity contribution in [2.45, 2.75) is 0 Å². The SMILES string of the molecule is O=COc1cc(OC(=O)c2ccccc2)cc(OC(=O)c2ccccc2)c1. The maximum Gasteiger partial charge on any atom is 0.343 e. The Kier molecular flexibility index (Phi) is 5.59. The van der Waals surface area contributed by atoms with Gasteiger partial charge in [-0.3, -0.25) is 4.79 Å². The third-order valence-corrected chi connectivity index (χ3v) is 3.48. The zero-order chi connectivity index (χ0) is 19.1. The molecule has 3 aromatic rings. The Morgan fingerprint density at radius 2 is 1.04 bits per heavy atom. The lowest BCUT2D eigenvalue weighted by atomic mass is 10.2. The van der Waals surface area contributed by atoms with Crippen LogP contribution in [0.15, 0.2) is 78.9 Å². The topological polar surface area (TPSA) is 78.9 Å². The highest BCUT2D eigenvalue weighted by Crippen LogP contribution is 2.29. The summed E-state index contributed by atoms with van der Waals surface area (Å²) in [7, 11) is 0. The molecule has 0 aromatic heterocycles. The monoisotopic (exact) mass is 362 g/mol. The van der Waals surface area contributed by atoms with E-state index < -0.39 is 11.9 Å². The summed E-state index contributed by atoms with van der Waals surface area (Å²) < 4.78 is 15.4. The van der Waals surface area contributed by atoms with Crippen LogP contribution in [0.4, 0.5) is 0 Å². The summed E-state index contributed by atoms with van der Waals surface area (Å²) in [6.07, 6.45) is 0. The molecule has 6 nitrogen and oxygen atoms in total. The first kappa shape index (κ1) is 17.9. The molecule has 27 heavy (non-hydrogen) atoms. The molecule has 0 aliphatic heterocycles. The van der Waals surface area contributed by atoms with E-state index >= 15 is 0 Å². The van der Waals surface area contributed by atoms with Gasteiger partial charge in [-0.05, 0) is 24.3 Å². The van der Waals surface area contributed by atoms with E-state index in [1.54, 1.807) is 60.7 Å². The Balaban J connectivity index is 1.83. The number of carbonyl (C=O) groups is 3. The number of hydrogen-bond acceptors (Lipinski definition) is 6. The minimum atomic E-state index is -0.598. The van der Waals surface area contributed by atoms with Crippen molar-refractivity contribution in [1.29, 1.82) is 0 Å². The molecule has 0 saturated heterocycles. The van der Waals surface area contributed by atoms with E-state index in [9.17, 15) is 14.4 Å². The second-order valence-corrected chi connectivity index (χ2v) is 5.37. The van der Waals surface area contributed by atoms with Crippen LogP contribution in [0.2, 0.25) is 0 Å². The third-order valence-electron chi connectivity index (χ3n) is 3.48. The van der Waals surface area contributed by atoms with Crippen molar-refractivity contribution in [3.05, 3.63) is 90.0 Å². The van der Waals surface area contributed by atoms with Crippen molar-refractivity contribution in [1.82, 2.24) is 0 Å². The van der Waals surface area contributed by atoms with Crippen molar-refractivity contribution >= 4 is 18.4 Å². The van der Waals surface area contributed by atoms with Gasteiger partial charge < -0.3 is 14.2 Å². The predicted octanol–water partition coefficient (Wildman–Crippen LogP) is 3.66. The van der Waals surface area contributed by atoms with E-state index in [4.69, 9.17) is 14.2 Å². The lowest BCUT2D eigenvalue weighted by Gasteiger charge is -2.10. The molecule has 134 valence electrons. The molecular formula is C21H14O6. The molecule has 3 rings (SSSR count). The van der Waals surface area contributed by atoms with E-state index in [1.807, 2.05) is 0 Å². The summed E-state index contributed by atoms with van der Waals surface area (Å²) in [6, 6.07) is 20.8. The standard InChI is InChI=1S/C21H14O6/c22-14-25-17-11-18(26-20(23)15-7-3-1-4-8-15)13-19(12-17)27-21(24)16-9-5-2-6-10-16/h1-14H. The maximum absolute atomic E-state index is 12.2. The lowest BCUT2D eigenvalue weighted by molar-refractivity contribution is -0.120. The fraction of sp³-hybridized carbons (Fsp3) is 0. The Hall–Kier alpha value is -3.93. The van der Waals surface area contributed by atoms with Gasteiger partial charge in [-0.1, -0.05) is 36.4 Å². The highest BCUT2D eigenvalue weighted by molar-refractivity contribution is 5.92. The van der Waals surface area contributed by atoms with Crippen molar-refractivity contribution in [3.63, 3.8) is 0 Å². The largest absolute Gasteiger partial charge is 0.428 e. The van der Waals surface area contributed by atoms with Gasteiger partial charge in [0.15, 0.2) is 0 Å². The first-order valence-corrected chi connectivity index (χ1v) is 7.95. The average Bonchev–Trinajstić information content (AvgIpc) is 2.69. The number of benzene rings is 3. The first-order chi connectivity index (χ1) is 13.2. The van der Waals surface area contributed by atoms with Gasteiger partial charge in [0.2, 0.25) is 0 Å². The zero-order valence-electron chi connectivity index (χ0n) is 14.0. The average molecular weight is 362 g/mol. The molecule has 0 unspecified atom stereocenters. The van der Waals surface area contributed by atoms with Gasteiger partial charge in [0.05, 0.1) is 11.1 Å². The van der Waals surface area contributed by atoms with Crippen LogP contribution in [-0.2, 0) is 4.79 Å².